The standard InChI is InChI=1S/C21H21BrClFN6O4/c1-11(8-25-18(31)9-29(2)3)34-17-7-15-12(6-16(17)30(32)33)21(27-10-26-15)28-14-5-4-13(22)19(23)20(14)24/h4-7,10-11H,8-9H2,1-3H3,(H,25,31)(H,26,27,28). The van der Waals surface area contributed by atoms with Crippen LogP contribution in [0.15, 0.2) is 35.1 Å². The normalized spacial score (nSPS) is 12.0. The van der Waals surface area contributed by atoms with Crippen molar-refractivity contribution in [2.75, 3.05) is 32.5 Å². The summed E-state index contributed by atoms with van der Waals surface area (Å²) in [5.74, 6) is -0.769. The Morgan fingerprint density at radius 3 is 2.76 bits per heavy atom. The Kier molecular flexibility index (Phi) is 8.18. The third kappa shape index (κ3) is 6.07. The van der Waals surface area contributed by atoms with Gasteiger partial charge in [0.2, 0.25) is 5.91 Å². The number of benzene rings is 2. The number of nitro benzene ring substituents is 1. The molecule has 2 N–H and O–H groups in total. The van der Waals surface area contributed by atoms with E-state index in [4.69, 9.17) is 16.3 Å². The van der Waals surface area contributed by atoms with Gasteiger partial charge < -0.3 is 20.3 Å². The van der Waals surface area contributed by atoms with Crippen LogP contribution in [0.1, 0.15) is 6.92 Å². The van der Waals surface area contributed by atoms with E-state index in [2.05, 4.69) is 36.5 Å². The summed E-state index contributed by atoms with van der Waals surface area (Å²) in [4.78, 5) is 33.0. The second-order valence-corrected chi connectivity index (χ2v) is 8.87. The molecule has 0 spiro atoms. The largest absolute Gasteiger partial charge is 0.482 e. The molecule has 0 aliphatic heterocycles. The van der Waals surface area contributed by atoms with Gasteiger partial charge in [-0.1, -0.05) is 11.6 Å². The first-order chi connectivity index (χ1) is 16.1. The van der Waals surface area contributed by atoms with E-state index in [1.54, 1.807) is 32.0 Å². The first kappa shape index (κ1) is 25.5. The quantitative estimate of drug-likeness (QED) is 0.228. The fraction of sp³-hybridized carbons (Fsp3) is 0.286. The highest BCUT2D eigenvalue weighted by Crippen LogP contribution is 2.36. The van der Waals surface area contributed by atoms with Crippen LogP contribution in [0.5, 0.6) is 5.75 Å². The van der Waals surface area contributed by atoms with E-state index in [0.717, 1.165) is 0 Å². The number of anilines is 2. The number of ether oxygens (including phenoxy) is 1. The van der Waals surface area contributed by atoms with Crippen molar-refractivity contribution in [3.8, 4) is 5.75 Å². The second kappa shape index (κ2) is 10.9. The Labute approximate surface area is 207 Å². The Morgan fingerprint density at radius 2 is 2.09 bits per heavy atom. The molecular formula is C21H21BrClFN6O4. The van der Waals surface area contributed by atoms with Gasteiger partial charge in [-0.05, 0) is 49.1 Å². The van der Waals surface area contributed by atoms with Crippen molar-refractivity contribution in [3.05, 3.63) is 56.0 Å². The summed E-state index contributed by atoms with van der Waals surface area (Å²) < 4.78 is 20.7. The minimum atomic E-state index is -0.706. The molecule has 10 nitrogen and oxygen atoms in total. The number of likely N-dealkylation sites (N-methyl/N-ethyl adjacent to an activating group) is 1. The van der Waals surface area contributed by atoms with Crippen LogP contribution in [-0.4, -0.2) is 59.0 Å². The van der Waals surface area contributed by atoms with Crippen LogP contribution in [0, 0.1) is 15.9 Å². The van der Waals surface area contributed by atoms with Gasteiger partial charge in [0.05, 0.1) is 39.6 Å². The van der Waals surface area contributed by atoms with Gasteiger partial charge in [0, 0.05) is 16.6 Å². The van der Waals surface area contributed by atoms with Crippen LogP contribution in [0.2, 0.25) is 5.02 Å². The highest BCUT2D eigenvalue weighted by Gasteiger charge is 2.22. The molecule has 13 heteroatoms. The van der Waals surface area contributed by atoms with Crippen LogP contribution in [0.25, 0.3) is 10.9 Å². The van der Waals surface area contributed by atoms with Crippen molar-refractivity contribution in [1.29, 1.82) is 0 Å². The van der Waals surface area contributed by atoms with Crippen LogP contribution >= 0.6 is 27.5 Å². The number of aromatic nitrogens is 2. The van der Waals surface area contributed by atoms with Crippen LogP contribution in [0.4, 0.5) is 21.6 Å². The van der Waals surface area contributed by atoms with Crippen LogP contribution in [-0.2, 0) is 4.79 Å². The maximum absolute atomic E-state index is 14.5. The molecule has 0 aliphatic rings. The number of nitro groups is 1. The van der Waals surface area contributed by atoms with E-state index in [0.29, 0.717) is 9.99 Å². The second-order valence-electron chi connectivity index (χ2n) is 7.63. The maximum Gasteiger partial charge on any atom is 0.311 e. The van der Waals surface area contributed by atoms with Gasteiger partial charge in [0.15, 0.2) is 11.6 Å². The summed E-state index contributed by atoms with van der Waals surface area (Å²) in [6, 6.07) is 5.67. The summed E-state index contributed by atoms with van der Waals surface area (Å²) in [5, 5.41) is 17.4. The molecule has 1 amide bonds. The fourth-order valence-electron chi connectivity index (χ4n) is 3.02. The van der Waals surface area contributed by atoms with Gasteiger partial charge in [-0.2, -0.15) is 0 Å². The Bertz CT molecular complexity index is 1250. The topological polar surface area (TPSA) is 123 Å². The zero-order valence-electron chi connectivity index (χ0n) is 18.4. The Morgan fingerprint density at radius 1 is 1.35 bits per heavy atom. The first-order valence-corrected chi connectivity index (χ1v) is 11.2. The Hall–Kier alpha value is -3.09. The molecule has 0 radical (unpaired) electrons. The monoisotopic (exact) mass is 554 g/mol. The number of amides is 1. The highest BCUT2D eigenvalue weighted by molar-refractivity contribution is 9.10. The summed E-state index contributed by atoms with van der Waals surface area (Å²) in [6.45, 7) is 2.04. The molecular weight excluding hydrogens is 535 g/mol. The fourth-order valence-corrected chi connectivity index (χ4v) is 3.49. The zero-order valence-corrected chi connectivity index (χ0v) is 20.8. The smallest absolute Gasteiger partial charge is 0.311 e. The molecule has 2 aromatic carbocycles. The van der Waals surface area contributed by atoms with Crippen molar-refractivity contribution < 1.29 is 18.8 Å². The van der Waals surface area contributed by atoms with E-state index in [9.17, 15) is 19.3 Å². The van der Waals surface area contributed by atoms with Crippen molar-refractivity contribution in [1.82, 2.24) is 20.2 Å². The molecule has 1 atom stereocenters. The van der Waals surface area contributed by atoms with Gasteiger partial charge in [0.25, 0.3) is 0 Å². The molecule has 180 valence electrons. The predicted molar refractivity (Wildman–Crippen MR) is 130 cm³/mol. The molecule has 0 aliphatic carbocycles. The molecule has 0 saturated carbocycles. The molecule has 34 heavy (non-hydrogen) atoms. The van der Waals surface area contributed by atoms with Crippen LogP contribution in [0.3, 0.4) is 0 Å². The summed E-state index contributed by atoms with van der Waals surface area (Å²) in [5.41, 5.74) is 0.0509. The number of fused-ring (bicyclic) bond motifs is 1. The number of hydrogen-bond acceptors (Lipinski definition) is 8. The highest BCUT2D eigenvalue weighted by atomic mass is 79.9. The molecule has 1 heterocycles. The SMILES string of the molecule is CC(CNC(=O)CN(C)C)Oc1cc2ncnc(Nc3ccc(Br)c(Cl)c3F)c2cc1[N+](=O)[O-]. The maximum atomic E-state index is 14.5. The third-order valence-electron chi connectivity index (χ3n) is 4.58. The number of nitrogens with zero attached hydrogens (tertiary/aromatic N) is 4. The molecule has 0 saturated heterocycles. The average molecular weight is 556 g/mol. The zero-order chi connectivity index (χ0) is 25.0. The Balaban J connectivity index is 1.89. The average Bonchev–Trinajstić information content (AvgIpc) is 2.77. The van der Waals surface area contributed by atoms with Gasteiger partial charge >= 0.3 is 5.69 Å². The van der Waals surface area contributed by atoms with Gasteiger partial charge in [-0.3, -0.25) is 14.9 Å². The van der Waals surface area contributed by atoms with Gasteiger partial charge in [-0.15, -0.1) is 0 Å². The number of rotatable bonds is 9. The number of carbonyl (C=O) groups is 1. The lowest BCUT2D eigenvalue weighted by Crippen LogP contribution is -2.38. The van der Waals surface area contributed by atoms with E-state index in [1.165, 1.54) is 24.5 Å². The van der Waals surface area contributed by atoms with E-state index >= 15 is 0 Å². The molecule has 1 unspecified atom stereocenters. The molecule has 1 aromatic heterocycles. The number of hydrogen-bond donors (Lipinski definition) is 2. The van der Waals surface area contributed by atoms with Gasteiger partial charge in [0.1, 0.15) is 18.2 Å². The predicted octanol–water partition coefficient (Wildman–Crippen LogP) is 4.28. The van der Waals surface area contributed by atoms with Crippen molar-refractivity contribution in [3.63, 3.8) is 0 Å². The van der Waals surface area contributed by atoms with Crippen LogP contribution < -0.4 is 15.4 Å². The molecule has 3 rings (SSSR count). The van der Waals surface area contributed by atoms with Crippen molar-refractivity contribution in [2.45, 2.75) is 13.0 Å². The molecule has 0 fully saturated rings. The van der Waals surface area contributed by atoms with Crippen molar-refractivity contribution in [2.24, 2.45) is 0 Å². The number of halogens is 3. The lowest BCUT2D eigenvalue weighted by atomic mass is 10.2. The first-order valence-electron chi connectivity index (χ1n) is 9.98. The number of carbonyl (C=O) groups excluding carboxylic acids is 1. The van der Waals surface area contributed by atoms with E-state index < -0.39 is 16.8 Å². The number of nitrogens with one attached hydrogen (secondary N) is 2. The minimum absolute atomic E-state index is 0.0191. The van der Waals surface area contributed by atoms with Gasteiger partial charge in [-0.25, -0.2) is 14.4 Å². The molecule has 3 aromatic rings. The van der Waals surface area contributed by atoms with Crippen molar-refractivity contribution >= 4 is 61.5 Å². The lowest BCUT2D eigenvalue weighted by Gasteiger charge is -2.17. The summed E-state index contributed by atoms with van der Waals surface area (Å²) in [7, 11) is 3.53. The third-order valence-corrected chi connectivity index (χ3v) is 5.83. The van der Waals surface area contributed by atoms with E-state index in [-0.39, 0.29) is 52.3 Å². The lowest BCUT2D eigenvalue weighted by molar-refractivity contribution is -0.385. The minimum Gasteiger partial charge on any atom is -0.482 e. The molecule has 0 bridgehead atoms. The summed E-state index contributed by atoms with van der Waals surface area (Å²) in [6.07, 6.45) is 0.685. The summed E-state index contributed by atoms with van der Waals surface area (Å²) >= 11 is 9.09. The van der Waals surface area contributed by atoms with E-state index in [1.807, 2.05) is 0 Å².